The average molecular weight is 217 g/mol. The van der Waals surface area contributed by atoms with Gasteiger partial charge in [0.1, 0.15) is 0 Å². The minimum Gasteiger partial charge on any atom is -0.314 e. The Hall–Kier alpha value is -0.180. The number of nitrogens with one attached hydrogen (secondary N) is 1. The Morgan fingerprint density at radius 3 is 2.13 bits per heavy atom. The standard InChI is InChI=1S/C12H21F2N/c13-12(14)7-10(8-12)9-15-11-5-3-1-2-4-6-11/h10-11,15H,1-9H2. The van der Waals surface area contributed by atoms with Crippen LogP contribution in [0.2, 0.25) is 0 Å². The lowest BCUT2D eigenvalue weighted by atomic mass is 9.81. The van der Waals surface area contributed by atoms with Gasteiger partial charge in [0.15, 0.2) is 0 Å². The molecule has 2 rings (SSSR count). The summed E-state index contributed by atoms with van der Waals surface area (Å²) < 4.78 is 25.2. The first-order chi connectivity index (χ1) is 7.16. The van der Waals surface area contributed by atoms with Gasteiger partial charge < -0.3 is 5.32 Å². The second kappa shape index (κ2) is 4.77. The van der Waals surface area contributed by atoms with Crippen molar-refractivity contribution in [3.8, 4) is 0 Å². The minimum atomic E-state index is -2.35. The van der Waals surface area contributed by atoms with Crippen LogP contribution in [0.25, 0.3) is 0 Å². The number of alkyl halides is 2. The molecule has 0 aromatic carbocycles. The van der Waals surface area contributed by atoms with Gasteiger partial charge in [-0.1, -0.05) is 25.7 Å². The van der Waals surface area contributed by atoms with Gasteiger partial charge in [0.2, 0.25) is 5.92 Å². The molecule has 0 amide bonds. The molecule has 2 aliphatic carbocycles. The molecule has 1 N–H and O–H groups in total. The van der Waals surface area contributed by atoms with Crippen molar-refractivity contribution in [1.82, 2.24) is 5.32 Å². The second-order valence-electron chi connectivity index (χ2n) is 5.23. The molecular weight excluding hydrogens is 196 g/mol. The maximum Gasteiger partial charge on any atom is 0.248 e. The van der Waals surface area contributed by atoms with Crippen molar-refractivity contribution in [3.05, 3.63) is 0 Å². The first-order valence-electron chi connectivity index (χ1n) is 6.27. The molecule has 2 aliphatic rings. The summed E-state index contributed by atoms with van der Waals surface area (Å²) in [4.78, 5) is 0. The molecular formula is C12H21F2N. The van der Waals surface area contributed by atoms with Crippen LogP contribution < -0.4 is 5.32 Å². The Bertz CT molecular complexity index is 190. The summed E-state index contributed by atoms with van der Waals surface area (Å²) in [7, 11) is 0. The summed E-state index contributed by atoms with van der Waals surface area (Å²) in [6.07, 6.45) is 7.99. The molecule has 0 unspecified atom stereocenters. The van der Waals surface area contributed by atoms with Crippen LogP contribution in [0.1, 0.15) is 51.4 Å². The predicted molar refractivity (Wildman–Crippen MR) is 57.2 cm³/mol. The van der Waals surface area contributed by atoms with E-state index in [4.69, 9.17) is 0 Å². The van der Waals surface area contributed by atoms with Crippen molar-refractivity contribution < 1.29 is 8.78 Å². The van der Waals surface area contributed by atoms with Gasteiger partial charge in [-0.2, -0.15) is 0 Å². The lowest BCUT2D eigenvalue weighted by molar-refractivity contribution is -0.109. The molecule has 0 aliphatic heterocycles. The average Bonchev–Trinajstić information content (AvgIpc) is 2.39. The fraction of sp³-hybridized carbons (Fsp3) is 1.00. The third-order valence-electron chi connectivity index (χ3n) is 3.73. The lowest BCUT2D eigenvalue weighted by Gasteiger charge is -2.36. The van der Waals surface area contributed by atoms with Crippen molar-refractivity contribution in [3.63, 3.8) is 0 Å². The van der Waals surface area contributed by atoms with Crippen LogP contribution in [0.15, 0.2) is 0 Å². The molecule has 0 aromatic rings. The summed E-state index contributed by atoms with van der Waals surface area (Å²) in [6, 6.07) is 0.599. The fourth-order valence-corrected chi connectivity index (χ4v) is 2.75. The third-order valence-corrected chi connectivity index (χ3v) is 3.73. The molecule has 3 heteroatoms. The van der Waals surface area contributed by atoms with Crippen LogP contribution in [-0.4, -0.2) is 18.5 Å². The smallest absolute Gasteiger partial charge is 0.248 e. The van der Waals surface area contributed by atoms with E-state index < -0.39 is 5.92 Å². The van der Waals surface area contributed by atoms with Crippen molar-refractivity contribution in [2.45, 2.75) is 63.3 Å². The highest BCUT2D eigenvalue weighted by Gasteiger charge is 2.44. The van der Waals surface area contributed by atoms with E-state index in [0.29, 0.717) is 6.04 Å². The minimum absolute atomic E-state index is 0.104. The van der Waals surface area contributed by atoms with Crippen LogP contribution >= 0.6 is 0 Å². The van der Waals surface area contributed by atoms with Crippen LogP contribution in [-0.2, 0) is 0 Å². The van der Waals surface area contributed by atoms with Gasteiger partial charge in [-0.25, -0.2) is 8.78 Å². The van der Waals surface area contributed by atoms with Gasteiger partial charge in [-0.15, -0.1) is 0 Å². The molecule has 0 bridgehead atoms. The third kappa shape index (κ3) is 3.40. The molecule has 2 fully saturated rings. The summed E-state index contributed by atoms with van der Waals surface area (Å²) in [5.74, 6) is -2.13. The first-order valence-corrected chi connectivity index (χ1v) is 6.27. The van der Waals surface area contributed by atoms with Gasteiger partial charge >= 0.3 is 0 Å². The molecule has 0 saturated heterocycles. The Kier molecular flexibility index (Phi) is 3.60. The highest BCUT2D eigenvalue weighted by molar-refractivity contribution is 4.88. The zero-order valence-electron chi connectivity index (χ0n) is 9.27. The maximum atomic E-state index is 12.6. The molecule has 2 saturated carbocycles. The molecule has 1 nitrogen and oxygen atoms in total. The Labute approximate surface area is 90.6 Å². The second-order valence-corrected chi connectivity index (χ2v) is 5.23. The van der Waals surface area contributed by atoms with Crippen molar-refractivity contribution in [1.29, 1.82) is 0 Å². The Morgan fingerprint density at radius 2 is 1.60 bits per heavy atom. The zero-order chi connectivity index (χ0) is 10.7. The topological polar surface area (TPSA) is 12.0 Å². The molecule has 0 atom stereocenters. The molecule has 0 spiro atoms. The Morgan fingerprint density at radius 1 is 1.00 bits per heavy atom. The summed E-state index contributed by atoms with van der Waals surface area (Å²) in [6.45, 7) is 0.806. The van der Waals surface area contributed by atoms with Crippen LogP contribution in [0.4, 0.5) is 8.78 Å². The largest absolute Gasteiger partial charge is 0.314 e. The van der Waals surface area contributed by atoms with Crippen LogP contribution in [0.5, 0.6) is 0 Å². The van der Waals surface area contributed by atoms with E-state index >= 15 is 0 Å². The highest BCUT2D eigenvalue weighted by Crippen LogP contribution is 2.41. The summed E-state index contributed by atoms with van der Waals surface area (Å²) >= 11 is 0. The molecule has 0 aromatic heterocycles. The van der Waals surface area contributed by atoms with E-state index in [0.717, 1.165) is 6.54 Å². The van der Waals surface area contributed by atoms with E-state index in [1.165, 1.54) is 38.5 Å². The van der Waals surface area contributed by atoms with Crippen LogP contribution in [0, 0.1) is 5.92 Å². The SMILES string of the molecule is FC1(F)CC(CNC2CCCCCC2)C1. The number of hydrogen-bond acceptors (Lipinski definition) is 1. The van der Waals surface area contributed by atoms with Gasteiger partial charge in [0.05, 0.1) is 0 Å². The number of rotatable bonds is 3. The summed E-state index contributed by atoms with van der Waals surface area (Å²) in [5.41, 5.74) is 0. The van der Waals surface area contributed by atoms with E-state index in [-0.39, 0.29) is 18.8 Å². The van der Waals surface area contributed by atoms with E-state index in [1.54, 1.807) is 0 Å². The molecule has 88 valence electrons. The molecule has 15 heavy (non-hydrogen) atoms. The zero-order valence-corrected chi connectivity index (χ0v) is 9.27. The van der Waals surface area contributed by atoms with Crippen molar-refractivity contribution >= 4 is 0 Å². The van der Waals surface area contributed by atoms with Gasteiger partial charge in [-0.05, 0) is 25.3 Å². The lowest BCUT2D eigenvalue weighted by Crippen LogP contribution is -2.43. The first kappa shape index (κ1) is 11.3. The van der Waals surface area contributed by atoms with Gasteiger partial charge in [0, 0.05) is 18.9 Å². The monoisotopic (exact) mass is 217 g/mol. The molecule has 0 heterocycles. The van der Waals surface area contributed by atoms with Gasteiger partial charge in [-0.3, -0.25) is 0 Å². The van der Waals surface area contributed by atoms with Crippen molar-refractivity contribution in [2.75, 3.05) is 6.54 Å². The maximum absolute atomic E-state index is 12.6. The van der Waals surface area contributed by atoms with E-state index in [9.17, 15) is 8.78 Å². The van der Waals surface area contributed by atoms with Gasteiger partial charge in [0.25, 0.3) is 0 Å². The van der Waals surface area contributed by atoms with Crippen molar-refractivity contribution in [2.24, 2.45) is 5.92 Å². The van der Waals surface area contributed by atoms with E-state index in [2.05, 4.69) is 5.32 Å². The normalized spacial score (nSPS) is 28.4. The summed E-state index contributed by atoms with van der Waals surface area (Å²) in [5, 5.41) is 3.47. The van der Waals surface area contributed by atoms with E-state index in [1.807, 2.05) is 0 Å². The quantitative estimate of drug-likeness (QED) is 0.715. The predicted octanol–water partition coefficient (Wildman–Crippen LogP) is 3.34. The number of hydrogen-bond donors (Lipinski definition) is 1. The number of halogens is 2. The Balaban J connectivity index is 1.61. The van der Waals surface area contributed by atoms with Crippen LogP contribution in [0.3, 0.4) is 0 Å². The fourth-order valence-electron chi connectivity index (χ4n) is 2.75. The molecule has 0 radical (unpaired) electrons. The highest BCUT2D eigenvalue weighted by atomic mass is 19.3.